The van der Waals surface area contributed by atoms with E-state index in [-0.39, 0.29) is 11.4 Å². The summed E-state index contributed by atoms with van der Waals surface area (Å²) in [5.74, 6) is -0.180. The van der Waals surface area contributed by atoms with Crippen LogP contribution in [-0.4, -0.2) is 20.6 Å². The molecule has 0 saturated heterocycles. The van der Waals surface area contributed by atoms with Gasteiger partial charge in [-0.15, -0.1) is 0 Å². The number of aromatic nitrogens is 2. The van der Waals surface area contributed by atoms with Crippen LogP contribution in [0.2, 0.25) is 0 Å². The summed E-state index contributed by atoms with van der Waals surface area (Å²) in [7, 11) is 0. The van der Waals surface area contributed by atoms with Crippen molar-refractivity contribution in [2.75, 3.05) is 0 Å². The topological polar surface area (TPSA) is 81.4 Å². The number of benzene rings is 3. The number of carbonyl (C=O) groups is 1. The number of aliphatic hydroxyl groups is 1. The minimum absolute atomic E-state index is 0.0884. The normalized spacial score (nSPS) is 16.7. The third-order valence-corrected chi connectivity index (χ3v) is 6.21. The molecule has 1 N–H and O–H groups in total. The van der Waals surface area contributed by atoms with E-state index in [4.69, 9.17) is 4.74 Å². The third-order valence-electron chi connectivity index (χ3n) is 5.22. The highest BCUT2D eigenvalue weighted by Gasteiger charge is 2.47. The van der Waals surface area contributed by atoms with Gasteiger partial charge in [0.1, 0.15) is 5.75 Å². The van der Waals surface area contributed by atoms with Crippen LogP contribution in [0.4, 0.5) is 0 Å². The molecule has 0 aliphatic carbocycles. The highest BCUT2D eigenvalue weighted by molar-refractivity contribution is 9.10. The number of esters is 1. The highest BCUT2D eigenvalue weighted by Crippen LogP contribution is 2.43. The first-order valence-corrected chi connectivity index (χ1v) is 11.0. The van der Waals surface area contributed by atoms with E-state index in [1.165, 1.54) is 4.57 Å². The van der Waals surface area contributed by atoms with Gasteiger partial charge < -0.3 is 9.84 Å². The van der Waals surface area contributed by atoms with Crippen molar-refractivity contribution in [1.82, 2.24) is 9.55 Å². The van der Waals surface area contributed by atoms with Gasteiger partial charge in [-0.1, -0.05) is 50.1 Å². The number of fused-ring (bicyclic) bond motifs is 4. The molecular weight excluding hydrogens is 528 g/mol. The zero-order valence-corrected chi connectivity index (χ0v) is 19.1. The molecule has 31 heavy (non-hydrogen) atoms. The molecule has 1 aromatic heterocycles. The number of ether oxygens (including phenoxy) is 1. The van der Waals surface area contributed by atoms with Gasteiger partial charge in [0.05, 0.1) is 23.0 Å². The van der Waals surface area contributed by atoms with Gasteiger partial charge in [-0.25, -0.2) is 4.98 Å². The van der Waals surface area contributed by atoms with Gasteiger partial charge in [0.2, 0.25) is 0 Å². The van der Waals surface area contributed by atoms with Crippen molar-refractivity contribution in [1.29, 1.82) is 0 Å². The molecule has 6 nitrogen and oxygen atoms in total. The van der Waals surface area contributed by atoms with Crippen LogP contribution >= 0.6 is 31.9 Å². The van der Waals surface area contributed by atoms with Crippen molar-refractivity contribution in [2.24, 2.45) is 0 Å². The lowest BCUT2D eigenvalue weighted by Crippen LogP contribution is -2.33. The lowest BCUT2D eigenvalue weighted by molar-refractivity contribution is -0.138. The molecular formula is C23H14Br2N2O4. The fourth-order valence-corrected chi connectivity index (χ4v) is 4.58. The molecule has 1 aliphatic rings. The summed E-state index contributed by atoms with van der Waals surface area (Å²) in [5, 5.41) is 12.2. The van der Waals surface area contributed by atoms with Crippen LogP contribution in [0.5, 0.6) is 5.75 Å². The van der Waals surface area contributed by atoms with Crippen LogP contribution in [0.15, 0.2) is 80.5 Å². The molecule has 5 rings (SSSR count). The summed E-state index contributed by atoms with van der Waals surface area (Å²) in [5.41, 5.74) is -0.831. The minimum Gasteiger partial charge on any atom is -0.426 e. The Morgan fingerprint density at radius 2 is 1.74 bits per heavy atom. The minimum atomic E-state index is -1.83. The SMILES string of the molecule is O=C(C[C@]1(O)c2cc(Br)ccc2-n2c1nc1ccc(Br)cc1c2=O)Oc1ccccc1. The van der Waals surface area contributed by atoms with Crippen molar-refractivity contribution >= 4 is 48.7 Å². The molecule has 0 spiro atoms. The van der Waals surface area contributed by atoms with Crippen molar-refractivity contribution in [3.63, 3.8) is 0 Å². The molecule has 0 amide bonds. The molecule has 0 bridgehead atoms. The number of para-hydroxylation sites is 1. The summed E-state index contributed by atoms with van der Waals surface area (Å²) in [6.07, 6.45) is -0.403. The first kappa shape index (κ1) is 20.1. The molecule has 4 aromatic rings. The van der Waals surface area contributed by atoms with Crippen LogP contribution in [0.1, 0.15) is 17.8 Å². The second-order valence-electron chi connectivity index (χ2n) is 7.22. The van der Waals surface area contributed by atoms with Gasteiger partial charge >= 0.3 is 5.97 Å². The van der Waals surface area contributed by atoms with Gasteiger partial charge in [-0.3, -0.25) is 14.2 Å². The Morgan fingerprint density at radius 3 is 2.52 bits per heavy atom. The Hall–Kier alpha value is -2.81. The van der Waals surface area contributed by atoms with Crippen molar-refractivity contribution in [3.05, 3.63) is 97.4 Å². The van der Waals surface area contributed by atoms with E-state index in [0.717, 1.165) is 4.47 Å². The van der Waals surface area contributed by atoms with Crippen LogP contribution < -0.4 is 10.3 Å². The Kier molecular flexibility index (Phi) is 4.80. The van der Waals surface area contributed by atoms with Crippen molar-refractivity contribution < 1.29 is 14.6 Å². The highest BCUT2D eigenvalue weighted by atomic mass is 79.9. The van der Waals surface area contributed by atoms with Crippen LogP contribution in [0.3, 0.4) is 0 Å². The molecule has 3 aromatic carbocycles. The number of carbonyl (C=O) groups excluding carboxylic acids is 1. The fourth-order valence-electron chi connectivity index (χ4n) is 3.85. The lowest BCUT2D eigenvalue weighted by Gasteiger charge is -2.22. The second kappa shape index (κ2) is 7.40. The lowest BCUT2D eigenvalue weighted by atomic mass is 9.91. The standard InChI is InChI=1S/C23H14Br2N2O4/c24-13-6-8-18-16(10-13)21(29)27-19-9-7-14(25)11-17(19)23(30,22(27)26-18)12-20(28)31-15-4-2-1-3-5-15/h1-11,30H,12H2/t23-/m0/s1. The maximum absolute atomic E-state index is 13.3. The van der Waals surface area contributed by atoms with E-state index in [1.807, 2.05) is 6.07 Å². The van der Waals surface area contributed by atoms with Crippen LogP contribution in [0, 0.1) is 0 Å². The van der Waals surface area contributed by atoms with Crippen molar-refractivity contribution in [3.8, 4) is 11.4 Å². The average molecular weight is 542 g/mol. The predicted octanol–water partition coefficient (Wildman–Crippen LogP) is 4.46. The summed E-state index contributed by atoms with van der Waals surface area (Å²) < 4.78 is 8.22. The molecule has 1 atom stereocenters. The van der Waals surface area contributed by atoms with Gasteiger partial charge in [0.25, 0.3) is 5.56 Å². The van der Waals surface area contributed by atoms with Gasteiger partial charge in [0.15, 0.2) is 11.4 Å². The molecule has 154 valence electrons. The molecule has 0 saturated carbocycles. The number of nitrogens with zero attached hydrogens (tertiary/aromatic N) is 2. The Labute approximate surface area is 193 Å². The maximum atomic E-state index is 13.3. The van der Waals surface area contributed by atoms with Crippen LogP contribution in [0.25, 0.3) is 16.6 Å². The Bertz CT molecular complexity index is 1420. The van der Waals surface area contributed by atoms with E-state index < -0.39 is 18.0 Å². The molecule has 0 fully saturated rings. The predicted molar refractivity (Wildman–Crippen MR) is 122 cm³/mol. The monoisotopic (exact) mass is 540 g/mol. The summed E-state index contributed by atoms with van der Waals surface area (Å²) in [6.45, 7) is 0. The summed E-state index contributed by atoms with van der Waals surface area (Å²) >= 11 is 6.79. The number of halogens is 2. The maximum Gasteiger partial charge on any atom is 0.314 e. The zero-order chi connectivity index (χ0) is 21.8. The molecule has 2 heterocycles. The first-order valence-electron chi connectivity index (χ1n) is 9.38. The quantitative estimate of drug-likeness (QED) is 0.306. The second-order valence-corrected chi connectivity index (χ2v) is 9.05. The van der Waals surface area contributed by atoms with Gasteiger partial charge in [-0.2, -0.15) is 0 Å². The molecule has 0 unspecified atom stereocenters. The van der Waals surface area contributed by atoms with E-state index in [2.05, 4.69) is 36.8 Å². The van der Waals surface area contributed by atoms with E-state index >= 15 is 0 Å². The van der Waals surface area contributed by atoms with Crippen molar-refractivity contribution in [2.45, 2.75) is 12.0 Å². The Morgan fingerprint density at radius 1 is 1.03 bits per heavy atom. The average Bonchev–Trinajstić information content (AvgIpc) is 2.97. The third kappa shape index (κ3) is 3.31. The summed E-state index contributed by atoms with van der Waals surface area (Å²) in [4.78, 5) is 30.7. The Balaban J connectivity index is 1.69. The largest absolute Gasteiger partial charge is 0.426 e. The van der Waals surface area contributed by atoms with Gasteiger partial charge in [0, 0.05) is 14.5 Å². The summed E-state index contributed by atoms with van der Waals surface area (Å²) in [6, 6.07) is 19.0. The molecule has 1 aliphatic heterocycles. The van der Waals surface area contributed by atoms with E-state index in [0.29, 0.717) is 32.4 Å². The smallest absolute Gasteiger partial charge is 0.314 e. The molecule has 0 radical (unpaired) electrons. The number of hydrogen-bond donors (Lipinski definition) is 1. The number of hydrogen-bond acceptors (Lipinski definition) is 5. The van der Waals surface area contributed by atoms with Crippen LogP contribution in [-0.2, 0) is 10.4 Å². The number of rotatable bonds is 3. The van der Waals surface area contributed by atoms with Gasteiger partial charge in [-0.05, 0) is 48.5 Å². The fraction of sp³-hybridized carbons (Fsp3) is 0.0870. The van der Waals surface area contributed by atoms with E-state index in [1.54, 1.807) is 60.7 Å². The zero-order valence-electron chi connectivity index (χ0n) is 15.9. The van der Waals surface area contributed by atoms with E-state index in [9.17, 15) is 14.7 Å². The first-order chi connectivity index (χ1) is 14.9. The molecule has 8 heteroatoms.